The van der Waals surface area contributed by atoms with Gasteiger partial charge in [0.2, 0.25) is 0 Å². The summed E-state index contributed by atoms with van der Waals surface area (Å²) in [5.74, 6) is 0. The van der Waals surface area contributed by atoms with Crippen molar-refractivity contribution < 1.29 is 0 Å². The fourth-order valence-electron chi connectivity index (χ4n) is 2.77. The third-order valence-electron chi connectivity index (χ3n) is 4.11. The van der Waals surface area contributed by atoms with Crippen LogP contribution in [0.4, 0.5) is 0 Å². The smallest absolute Gasteiger partial charge is 0.0605 e. The van der Waals surface area contributed by atoms with Gasteiger partial charge in [0.15, 0.2) is 0 Å². The average molecular weight is 216 g/mol. The summed E-state index contributed by atoms with van der Waals surface area (Å²) in [6.45, 7) is 4.68. The zero-order chi connectivity index (χ0) is 11.2. The second kappa shape index (κ2) is 3.56. The van der Waals surface area contributed by atoms with E-state index < -0.39 is 0 Å². The van der Waals surface area contributed by atoms with Crippen LogP contribution in [0.1, 0.15) is 50.4 Å². The van der Waals surface area contributed by atoms with Crippen LogP contribution in [0, 0.1) is 5.41 Å². The predicted molar refractivity (Wildman–Crippen MR) is 65.2 cm³/mol. The van der Waals surface area contributed by atoms with Gasteiger partial charge < -0.3 is 5.32 Å². The molecule has 2 heteroatoms. The standard InChI is InChI=1S/C14H20N2/c1-14(2)9-12(14)16-11-7-3-5-10-6-4-8-15-13(10)11/h4,6,8,11-12,16H,3,5,7,9H2,1-2H3. The Labute approximate surface area is 97.5 Å². The number of nitrogens with zero attached hydrogens (tertiary/aromatic N) is 1. The Balaban J connectivity index is 1.78. The van der Waals surface area contributed by atoms with Gasteiger partial charge in [0, 0.05) is 18.3 Å². The van der Waals surface area contributed by atoms with E-state index in [9.17, 15) is 0 Å². The molecule has 0 saturated heterocycles. The molecule has 1 saturated carbocycles. The molecule has 0 aromatic carbocycles. The molecule has 0 aliphatic heterocycles. The van der Waals surface area contributed by atoms with Gasteiger partial charge in [-0.1, -0.05) is 19.9 Å². The highest BCUT2D eigenvalue weighted by Gasteiger charge is 2.46. The summed E-state index contributed by atoms with van der Waals surface area (Å²) in [6.07, 6.45) is 6.98. The molecule has 0 bridgehead atoms. The third-order valence-corrected chi connectivity index (χ3v) is 4.11. The molecule has 2 atom stereocenters. The highest BCUT2D eigenvalue weighted by Crippen LogP contribution is 2.46. The third kappa shape index (κ3) is 1.75. The highest BCUT2D eigenvalue weighted by molar-refractivity contribution is 5.26. The summed E-state index contributed by atoms with van der Waals surface area (Å²) in [7, 11) is 0. The molecule has 2 nitrogen and oxygen atoms in total. The van der Waals surface area contributed by atoms with E-state index in [4.69, 9.17) is 0 Å². The normalized spacial score (nSPS) is 30.9. The van der Waals surface area contributed by atoms with Crippen molar-refractivity contribution in [3.05, 3.63) is 29.6 Å². The number of pyridine rings is 1. The number of aryl methyl sites for hydroxylation is 1. The summed E-state index contributed by atoms with van der Waals surface area (Å²) in [6, 6.07) is 5.48. The molecule has 1 aromatic heterocycles. The molecule has 1 heterocycles. The lowest BCUT2D eigenvalue weighted by atomic mass is 9.91. The molecular weight excluding hydrogens is 196 g/mol. The predicted octanol–water partition coefficient (Wildman–Crippen LogP) is 2.85. The maximum atomic E-state index is 4.57. The fourth-order valence-corrected chi connectivity index (χ4v) is 2.77. The summed E-state index contributed by atoms with van der Waals surface area (Å²) in [5.41, 5.74) is 3.26. The Morgan fingerprint density at radius 1 is 1.44 bits per heavy atom. The van der Waals surface area contributed by atoms with Gasteiger partial charge in [0.25, 0.3) is 0 Å². The number of hydrogen-bond acceptors (Lipinski definition) is 2. The van der Waals surface area contributed by atoms with Crippen molar-refractivity contribution in [3.63, 3.8) is 0 Å². The lowest BCUT2D eigenvalue weighted by Crippen LogP contribution is -2.30. The summed E-state index contributed by atoms with van der Waals surface area (Å²) < 4.78 is 0. The number of rotatable bonds is 2. The molecule has 3 rings (SSSR count). The van der Waals surface area contributed by atoms with Crippen LogP contribution in [0.15, 0.2) is 18.3 Å². The topological polar surface area (TPSA) is 24.9 Å². The van der Waals surface area contributed by atoms with Crippen molar-refractivity contribution >= 4 is 0 Å². The molecule has 16 heavy (non-hydrogen) atoms. The minimum Gasteiger partial charge on any atom is -0.305 e. The number of hydrogen-bond donors (Lipinski definition) is 1. The van der Waals surface area contributed by atoms with Crippen molar-refractivity contribution in [2.24, 2.45) is 5.41 Å². The first kappa shape index (κ1) is 10.3. The van der Waals surface area contributed by atoms with E-state index in [1.54, 1.807) is 0 Å². The van der Waals surface area contributed by atoms with Gasteiger partial charge >= 0.3 is 0 Å². The number of fused-ring (bicyclic) bond motifs is 1. The first-order valence-electron chi connectivity index (χ1n) is 6.37. The summed E-state index contributed by atoms with van der Waals surface area (Å²) >= 11 is 0. The first-order valence-corrected chi connectivity index (χ1v) is 6.37. The van der Waals surface area contributed by atoms with Gasteiger partial charge in [-0.3, -0.25) is 4.98 Å². The monoisotopic (exact) mass is 216 g/mol. The van der Waals surface area contributed by atoms with E-state index in [0.29, 0.717) is 17.5 Å². The second-order valence-electron chi connectivity index (χ2n) is 5.90. The molecule has 1 fully saturated rings. The average Bonchev–Trinajstić information content (AvgIpc) is 2.87. The van der Waals surface area contributed by atoms with Gasteiger partial charge in [-0.2, -0.15) is 0 Å². The van der Waals surface area contributed by atoms with Crippen molar-refractivity contribution in [3.8, 4) is 0 Å². The largest absolute Gasteiger partial charge is 0.305 e. The van der Waals surface area contributed by atoms with Crippen molar-refractivity contribution in [1.29, 1.82) is 0 Å². The summed E-state index contributed by atoms with van der Waals surface area (Å²) in [4.78, 5) is 4.57. The first-order chi connectivity index (χ1) is 7.67. The molecule has 2 aliphatic rings. The SMILES string of the molecule is CC1(C)CC1NC1CCCc2cccnc21. The lowest BCUT2D eigenvalue weighted by molar-refractivity contribution is 0.415. The quantitative estimate of drug-likeness (QED) is 0.822. The van der Waals surface area contributed by atoms with E-state index in [1.807, 2.05) is 6.20 Å². The van der Waals surface area contributed by atoms with E-state index in [1.165, 1.54) is 36.9 Å². The zero-order valence-corrected chi connectivity index (χ0v) is 10.2. The van der Waals surface area contributed by atoms with Gasteiger partial charge in [0.1, 0.15) is 0 Å². The molecular formula is C14H20N2. The van der Waals surface area contributed by atoms with Crippen LogP contribution in [0.2, 0.25) is 0 Å². The Morgan fingerprint density at radius 2 is 2.25 bits per heavy atom. The van der Waals surface area contributed by atoms with Gasteiger partial charge in [-0.25, -0.2) is 0 Å². The van der Waals surface area contributed by atoms with E-state index in [-0.39, 0.29) is 0 Å². The van der Waals surface area contributed by atoms with Crippen LogP contribution >= 0.6 is 0 Å². The highest BCUT2D eigenvalue weighted by atomic mass is 15.0. The van der Waals surface area contributed by atoms with Crippen molar-refractivity contribution in [2.45, 2.75) is 51.6 Å². The molecule has 0 amide bonds. The Bertz CT molecular complexity index is 397. The molecule has 86 valence electrons. The molecule has 2 aliphatic carbocycles. The Kier molecular flexibility index (Phi) is 2.28. The van der Waals surface area contributed by atoms with Crippen LogP contribution in [-0.4, -0.2) is 11.0 Å². The molecule has 0 radical (unpaired) electrons. The van der Waals surface area contributed by atoms with Gasteiger partial charge in [-0.15, -0.1) is 0 Å². The Hall–Kier alpha value is -0.890. The van der Waals surface area contributed by atoms with Crippen LogP contribution < -0.4 is 5.32 Å². The second-order valence-corrected chi connectivity index (χ2v) is 5.90. The van der Waals surface area contributed by atoms with Crippen LogP contribution in [0.5, 0.6) is 0 Å². The molecule has 1 aromatic rings. The minimum absolute atomic E-state index is 0.497. The maximum absolute atomic E-state index is 4.57. The van der Waals surface area contributed by atoms with Crippen LogP contribution in [0.25, 0.3) is 0 Å². The van der Waals surface area contributed by atoms with E-state index in [2.05, 4.69) is 36.3 Å². The summed E-state index contributed by atoms with van der Waals surface area (Å²) in [5, 5.41) is 3.78. The minimum atomic E-state index is 0.497. The fraction of sp³-hybridized carbons (Fsp3) is 0.643. The van der Waals surface area contributed by atoms with Crippen LogP contribution in [-0.2, 0) is 6.42 Å². The maximum Gasteiger partial charge on any atom is 0.0605 e. The van der Waals surface area contributed by atoms with E-state index >= 15 is 0 Å². The van der Waals surface area contributed by atoms with Gasteiger partial charge in [-0.05, 0) is 42.7 Å². The Morgan fingerprint density at radius 3 is 3.00 bits per heavy atom. The lowest BCUT2D eigenvalue weighted by Gasteiger charge is -2.25. The van der Waals surface area contributed by atoms with Crippen molar-refractivity contribution in [1.82, 2.24) is 10.3 Å². The number of aromatic nitrogens is 1. The van der Waals surface area contributed by atoms with E-state index in [0.717, 1.165) is 0 Å². The van der Waals surface area contributed by atoms with Gasteiger partial charge in [0.05, 0.1) is 5.69 Å². The van der Waals surface area contributed by atoms with Crippen molar-refractivity contribution in [2.75, 3.05) is 0 Å². The zero-order valence-electron chi connectivity index (χ0n) is 10.2. The van der Waals surface area contributed by atoms with Crippen LogP contribution in [0.3, 0.4) is 0 Å². The molecule has 1 N–H and O–H groups in total. The number of nitrogens with one attached hydrogen (secondary N) is 1. The molecule has 0 spiro atoms. The molecule has 2 unspecified atom stereocenters.